The Hall–Kier alpha value is -1.15. The van der Waals surface area contributed by atoms with Crippen molar-refractivity contribution in [2.45, 2.75) is 25.2 Å². The van der Waals surface area contributed by atoms with Crippen LogP contribution in [0.2, 0.25) is 0 Å². The fraction of sp³-hybridized carbons (Fsp3) is 0.500. The molecule has 0 N–H and O–H groups in total. The Bertz CT molecular complexity index is 362. The van der Waals surface area contributed by atoms with Crippen LogP contribution in [-0.4, -0.2) is 31.3 Å². The standard InChI is InChI=1S/C14H19NO/c1-15-8-7-14(11-15)13-6-2-4-12(10-13)5-3-9-16/h2,4,6,9-10,14H,3,5,7-8,11H2,1H3. The van der Waals surface area contributed by atoms with Crippen molar-refractivity contribution < 1.29 is 4.79 Å². The van der Waals surface area contributed by atoms with Crippen molar-refractivity contribution in [1.82, 2.24) is 4.90 Å². The molecule has 1 aliphatic heterocycles. The van der Waals surface area contributed by atoms with Crippen molar-refractivity contribution in [1.29, 1.82) is 0 Å². The summed E-state index contributed by atoms with van der Waals surface area (Å²) in [5, 5.41) is 0. The van der Waals surface area contributed by atoms with Gasteiger partial charge in [0.05, 0.1) is 0 Å². The number of hydrogen-bond acceptors (Lipinski definition) is 2. The molecular formula is C14H19NO. The van der Waals surface area contributed by atoms with Gasteiger partial charge in [0, 0.05) is 13.0 Å². The van der Waals surface area contributed by atoms with E-state index in [1.165, 1.54) is 24.1 Å². The Morgan fingerprint density at radius 3 is 3.06 bits per heavy atom. The van der Waals surface area contributed by atoms with Crippen LogP contribution in [-0.2, 0) is 11.2 Å². The molecule has 2 heteroatoms. The molecule has 0 bridgehead atoms. The van der Waals surface area contributed by atoms with Crippen LogP contribution in [0.3, 0.4) is 0 Å². The normalized spacial score (nSPS) is 21.2. The average Bonchev–Trinajstić information content (AvgIpc) is 2.74. The Balaban J connectivity index is 2.06. The number of carbonyl (C=O) groups excluding carboxylic acids is 1. The van der Waals surface area contributed by atoms with Gasteiger partial charge in [-0.15, -0.1) is 0 Å². The van der Waals surface area contributed by atoms with Crippen molar-refractivity contribution in [3.05, 3.63) is 35.4 Å². The molecule has 1 unspecified atom stereocenters. The van der Waals surface area contributed by atoms with E-state index >= 15 is 0 Å². The number of rotatable bonds is 4. The van der Waals surface area contributed by atoms with Crippen LogP contribution in [0, 0.1) is 0 Å². The van der Waals surface area contributed by atoms with Crippen LogP contribution in [0.1, 0.15) is 29.9 Å². The highest BCUT2D eigenvalue weighted by atomic mass is 16.1. The molecule has 86 valence electrons. The van der Waals surface area contributed by atoms with Gasteiger partial charge in [0.15, 0.2) is 0 Å². The van der Waals surface area contributed by atoms with Crippen molar-refractivity contribution in [3.63, 3.8) is 0 Å². The van der Waals surface area contributed by atoms with Crippen molar-refractivity contribution in [2.75, 3.05) is 20.1 Å². The second-order valence-electron chi connectivity index (χ2n) is 4.70. The van der Waals surface area contributed by atoms with E-state index in [4.69, 9.17) is 0 Å². The molecule has 0 saturated carbocycles. The number of likely N-dealkylation sites (N-methyl/N-ethyl adjacent to an activating group) is 1. The van der Waals surface area contributed by atoms with E-state index in [2.05, 4.69) is 36.2 Å². The first-order valence-corrected chi connectivity index (χ1v) is 6.00. The van der Waals surface area contributed by atoms with Gasteiger partial charge < -0.3 is 9.69 Å². The third-order valence-electron chi connectivity index (χ3n) is 3.36. The smallest absolute Gasteiger partial charge is 0.120 e. The molecule has 1 aromatic carbocycles. The number of hydrogen-bond donors (Lipinski definition) is 0. The van der Waals surface area contributed by atoms with Gasteiger partial charge in [-0.25, -0.2) is 0 Å². The molecule has 1 heterocycles. The predicted octanol–water partition coefficient (Wildman–Crippen LogP) is 2.24. The van der Waals surface area contributed by atoms with E-state index in [0.717, 1.165) is 19.3 Å². The first kappa shape index (κ1) is 11.3. The highest BCUT2D eigenvalue weighted by Crippen LogP contribution is 2.26. The molecule has 0 radical (unpaired) electrons. The molecule has 0 spiro atoms. The minimum absolute atomic E-state index is 0.633. The van der Waals surface area contributed by atoms with Gasteiger partial charge in [-0.3, -0.25) is 0 Å². The number of aryl methyl sites for hydroxylation is 1. The van der Waals surface area contributed by atoms with E-state index in [0.29, 0.717) is 12.3 Å². The van der Waals surface area contributed by atoms with Gasteiger partial charge in [-0.2, -0.15) is 0 Å². The summed E-state index contributed by atoms with van der Waals surface area (Å²) in [6, 6.07) is 8.72. The topological polar surface area (TPSA) is 20.3 Å². The van der Waals surface area contributed by atoms with Crippen LogP contribution >= 0.6 is 0 Å². The Morgan fingerprint density at radius 2 is 2.38 bits per heavy atom. The van der Waals surface area contributed by atoms with Gasteiger partial charge in [0.1, 0.15) is 6.29 Å². The van der Waals surface area contributed by atoms with Crippen molar-refractivity contribution in [3.8, 4) is 0 Å². The number of benzene rings is 1. The first-order chi connectivity index (χ1) is 7.79. The summed E-state index contributed by atoms with van der Waals surface area (Å²) in [6.45, 7) is 2.36. The minimum Gasteiger partial charge on any atom is -0.306 e. The quantitative estimate of drug-likeness (QED) is 0.721. The predicted molar refractivity (Wildman–Crippen MR) is 65.7 cm³/mol. The third kappa shape index (κ3) is 2.70. The maximum atomic E-state index is 10.4. The van der Waals surface area contributed by atoms with Crippen LogP contribution < -0.4 is 0 Å². The molecule has 1 fully saturated rings. The maximum Gasteiger partial charge on any atom is 0.120 e. The monoisotopic (exact) mass is 217 g/mol. The van der Waals surface area contributed by atoms with Crippen LogP contribution in [0.4, 0.5) is 0 Å². The summed E-state index contributed by atoms with van der Waals surface area (Å²) < 4.78 is 0. The fourth-order valence-corrected chi connectivity index (χ4v) is 2.44. The SMILES string of the molecule is CN1CCC(c2cccc(CCC=O)c2)C1. The van der Waals surface area contributed by atoms with Gasteiger partial charge in [-0.05, 0) is 43.5 Å². The summed E-state index contributed by atoms with van der Waals surface area (Å²) in [4.78, 5) is 12.7. The summed E-state index contributed by atoms with van der Waals surface area (Å²) in [5.41, 5.74) is 2.73. The average molecular weight is 217 g/mol. The summed E-state index contributed by atoms with van der Waals surface area (Å²) >= 11 is 0. The highest BCUT2D eigenvalue weighted by molar-refractivity contribution is 5.50. The Morgan fingerprint density at radius 1 is 1.50 bits per heavy atom. The Kier molecular flexibility index (Phi) is 3.73. The number of nitrogens with zero attached hydrogens (tertiary/aromatic N) is 1. The highest BCUT2D eigenvalue weighted by Gasteiger charge is 2.20. The zero-order valence-corrected chi connectivity index (χ0v) is 9.86. The van der Waals surface area contributed by atoms with E-state index in [-0.39, 0.29) is 0 Å². The second-order valence-corrected chi connectivity index (χ2v) is 4.70. The molecule has 0 amide bonds. The molecule has 16 heavy (non-hydrogen) atoms. The fourth-order valence-electron chi connectivity index (χ4n) is 2.44. The van der Waals surface area contributed by atoms with E-state index in [1.54, 1.807) is 0 Å². The molecule has 1 aliphatic rings. The molecule has 2 nitrogen and oxygen atoms in total. The van der Waals surface area contributed by atoms with Crippen LogP contribution in [0.5, 0.6) is 0 Å². The van der Waals surface area contributed by atoms with Crippen molar-refractivity contribution >= 4 is 6.29 Å². The summed E-state index contributed by atoms with van der Waals surface area (Å²) in [6.07, 6.45) is 3.76. The van der Waals surface area contributed by atoms with Gasteiger partial charge in [0.25, 0.3) is 0 Å². The number of aldehydes is 1. The lowest BCUT2D eigenvalue weighted by atomic mass is 9.95. The largest absolute Gasteiger partial charge is 0.306 e. The van der Waals surface area contributed by atoms with Crippen LogP contribution in [0.15, 0.2) is 24.3 Å². The first-order valence-electron chi connectivity index (χ1n) is 6.00. The van der Waals surface area contributed by atoms with Gasteiger partial charge in [0.2, 0.25) is 0 Å². The van der Waals surface area contributed by atoms with Crippen LogP contribution in [0.25, 0.3) is 0 Å². The van der Waals surface area contributed by atoms with E-state index < -0.39 is 0 Å². The lowest BCUT2D eigenvalue weighted by Crippen LogP contribution is -2.13. The molecule has 1 saturated heterocycles. The lowest BCUT2D eigenvalue weighted by molar-refractivity contribution is -0.107. The second kappa shape index (κ2) is 5.26. The number of carbonyl (C=O) groups is 1. The Labute approximate surface area is 97.3 Å². The third-order valence-corrected chi connectivity index (χ3v) is 3.36. The molecular weight excluding hydrogens is 198 g/mol. The molecule has 2 rings (SSSR count). The van der Waals surface area contributed by atoms with Gasteiger partial charge in [-0.1, -0.05) is 24.3 Å². The van der Waals surface area contributed by atoms with E-state index in [9.17, 15) is 4.79 Å². The minimum atomic E-state index is 0.633. The number of likely N-dealkylation sites (tertiary alicyclic amines) is 1. The molecule has 0 aromatic heterocycles. The maximum absolute atomic E-state index is 10.4. The zero-order valence-electron chi connectivity index (χ0n) is 9.86. The summed E-state index contributed by atoms with van der Waals surface area (Å²) in [7, 11) is 2.18. The molecule has 1 atom stereocenters. The van der Waals surface area contributed by atoms with E-state index in [1.807, 2.05) is 0 Å². The summed E-state index contributed by atoms with van der Waals surface area (Å²) in [5.74, 6) is 0.682. The van der Waals surface area contributed by atoms with Crippen molar-refractivity contribution in [2.24, 2.45) is 0 Å². The zero-order chi connectivity index (χ0) is 11.4. The molecule has 1 aromatic rings. The molecule has 0 aliphatic carbocycles. The van der Waals surface area contributed by atoms with Gasteiger partial charge >= 0.3 is 0 Å². The lowest BCUT2D eigenvalue weighted by Gasteiger charge is -2.12.